The maximum absolute atomic E-state index is 14.0. The average molecular weight is 615 g/mol. The number of hydrogen-bond donors (Lipinski definition) is 2. The molecule has 6 rings (SSSR count). The standard InChI is InChI=1S/C35H39ClN4O4/c36-27-13-11-26(12-14-27)35(43)15-18-38(19-16-35)17-5-9-28-29-6-1-2-8-31(29)34(42)40(32-10-4-3-7-30(28)32)24-33(41)37-25-39-20-22-44-23-21-39/h1-4,6-14,43H,5,15-25H2,(H,37,41)/b28-9+. The summed E-state index contributed by atoms with van der Waals surface area (Å²) in [6.07, 6.45) is 4.32. The molecule has 2 N–H and O–H groups in total. The summed E-state index contributed by atoms with van der Waals surface area (Å²) in [5.41, 5.74) is 4.19. The van der Waals surface area contributed by atoms with Gasteiger partial charge in [0.15, 0.2) is 0 Å². The summed E-state index contributed by atoms with van der Waals surface area (Å²) in [6.45, 7) is 5.65. The van der Waals surface area contributed by atoms with Gasteiger partial charge in [-0.3, -0.25) is 19.4 Å². The first-order valence-electron chi connectivity index (χ1n) is 15.4. The highest BCUT2D eigenvalue weighted by Gasteiger charge is 2.34. The number of halogens is 1. The Labute approximate surface area is 263 Å². The van der Waals surface area contributed by atoms with Crippen LogP contribution >= 0.6 is 11.6 Å². The number of carbonyl (C=O) groups excluding carboxylic acids is 2. The van der Waals surface area contributed by atoms with E-state index in [1.165, 1.54) is 0 Å². The summed E-state index contributed by atoms with van der Waals surface area (Å²) in [6, 6.07) is 23.0. The van der Waals surface area contributed by atoms with Crippen LogP contribution in [-0.4, -0.2) is 85.9 Å². The Balaban J connectivity index is 1.17. The number of fused-ring (bicyclic) bond motifs is 2. The molecule has 2 saturated heterocycles. The number of rotatable bonds is 8. The van der Waals surface area contributed by atoms with E-state index in [4.69, 9.17) is 16.3 Å². The van der Waals surface area contributed by atoms with E-state index in [1.807, 2.05) is 72.8 Å². The van der Waals surface area contributed by atoms with Crippen molar-refractivity contribution in [2.24, 2.45) is 0 Å². The summed E-state index contributed by atoms with van der Waals surface area (Å²) < 4.78 is 5.40. The fraction of sp³-hybridized carbons (Fsp3) is 0.371. The molecular formula is C35H39ClN4O4. The molecule has 44 heavy (non-hydrogen) atoms. The zero-order chi connectivity index (χ0) is 30.5. The lowest BCUT2D eigenvalue weighted by Gasteiger charge is -2.38. The van der Waals surface area contributed by atoms with E-state index in [2.05, 4.69) is 21.2 Å². The molecule has 3 aliphatic heterocycles. The topological polar surface area (TPSA) is 85.4 Å². The molecule has 3 heterocycles. The number of ether oxygens (including phenoxy) is 1. The van der Waals surface area contributed by atoms with Gasteiger partial charge in [0.25, 0.3) is 5.91 Å². The van der Waals surface area contributed by atoms with Crippen molar-refractivity contribution in [1.82, 2.24) is 15.1 Å². The fourth-order valence-electron chi connectivity index (χ4n) is 6.36. The van der Waals surface area contributed by atoms with Gasteiger partial charge in [-0.2, -0.15) is 0 Å². The highest BCUT2D eigenvalue weighted by molar-refractivity contribution is 6.30. The summed E-state index contributed by atoms with van der Waals surface area (Å²) in [5, 5.41) is 14.9. The SMILES string of the molecule is O=C(CN1C(=O)c2ccccc2/C(=C\CCN2CCC(O)(c3ccc(Cl)cc3)CC2)c2ccccc21)NCN1CCOCC1. The number of nitrogens with zero attached hydrogens (tertiary/aromatic N) is 3. The van der Waals surface area contributed by atoms with E-state index in [1.54, 1.807) is 4.90 Å². The van der Waals surface area contributed by atoms with Crippen LogP contribution in [0.25, 0.3) is 5.57 Å². The van der Waals surface area contributed by atoms with Crippen molar-refractivity contribution in [2.75, 3.05) is 64.1 Å². The van der Waals surface area contributed by atoms with Crippen LogP contribution in [0.2, 0.25) is 5.02 Å². The molecule has 0 radical (unpaired) electrons. The van der Waals surface area contributed by atoms with Gasteiger partial charge in [-0.25, -0.2) is 0 Å². The van der Waals surface area contributed by atoms with Crippen molar-refractivity contribution in [3.63, 3.8) is 0 Å². The summed E-state index contributed by atoms with van der Waals surface area (Å²) in [5.74, 6) is -0.385. The van der Waals surface area contributed by atoms with Gasteiger partial charge in [0.05, 0.1) is 31.2 Å². The van der Waals surface area contributed by atoms with Crippen LogP contribution in [0.4, 0.5) is 5.69 Å². The number of para-hydroxylation sites is 1. The van der Waals surface area contributed by atoms with Crippen LogP contribution in [0.1, 0.15) is 46.3 Å². The van der Waals surface area contributed by atoms with Gasteiger partial charge in [-0.1, -0.05) is 66.2 Å². The first-order chi connectivity index (χ1) is 21.4. The molecule has 8 nitrogen and oxygen atoms in total. The Bertz CT molecular complexity index is 1510. The quantitative estimate of drug-likeness (QED) is 0.388. The molecule has 3 aromatic rings. The normalized spacial score (nSPS) is 19.7. The lowest BCUT2D eigenvalue weighted by molar-refractivity contribution is -0.120. The van der Waals surface area contributed by atoms with Gasteiger partial charge in [-0.05, 0) is 60.2 Å². The van der Waals surface area contributed by atoms with E-state index in [9.17, 15) is 14.7 Å². The summed E-state index contributed by atoms with van der Waals surface area (Å²) >= 11 is 6.05. The van der Waals surface area contributed by atoms with Gasteiger partial charge in [-0.15, -0.1) is 0 Å². The van der Waals surface area contributed by atoms with Crippen LogP contribution in [0.15, 0.2) is 78.9 Å². The van der Waals surface area contributed by atoms with E-state index in [0.29, 0.717) is 43.3 Å². The van der Waals surface area contributed by atoms with Crippen LogP contribution < -0.4 is 10.2 Å². The smallest absolute Gasteiger partial charge is 0.259 e. The molecular weight excluding hydrogens is 576 g/mol. The number of piperidine rings is 1. The molecule has 230 valence electrons. The molecule has 0 saturated carbocycles. The van der Waals surface area contributed by atoms with Crippen LogP contribution in [0, 0.1) is 0 Å². The highest BCUT2D eigenvalue weighted by Crippen LogP contribution is 2.38. The van der Waals surface area contributed by atoms with Crippen molar-refractivity contribution >= 4 is 34.7 Å². The molecule has 0 spiro atoms. The first kappa shape index (κ1) is 30.5. The second-order valence-corrected chi connectivity index (χ2v) is 12.2. The van der Waals surface area contributed by atoms with Crippen LogP contribution in [0.3, 0.4) is 0 Å². The predicted octanol–water partition coefficient (Wildman–Crippen LogP) is 4.51. The molecule has 3 aromatic carbocycles. The van der Waals surface area contributed by atoms with Crippen molar-refractivity contribution in [1.29, 1.82) is 0 Å². The number of morpholine rings is 1. The van der Waals surface area contributed by atoms with Gasteiger partial charge >= 0.3 is 0 Å². The Hall–Kier alpha value is -3.53. The second-order valence-electron chi connectivity index (χ2n) is 11.7. The number of hydrogen-bond acceptors (Lipinski definition) is 6. The van der Waals surface area contributed by atoms with Gasteiger partial charge < -0.3 is 20.1 Å². The van der Waals surface area contributed by atoms with Crippen molar-refractivity contribution < 1.29 is 19.4 Å². The number of aliphatic hydroxyl groups is 1. The Morgan fingerprint density at radius 2 is 1.55 bits per heavy atom. The molecule has 0 aromatic heterocycles. The fourth-order valence-corrected chi connectivity index (χ4v) is 6.49. The molecule has 9 heteroatoms. The minimum Gasteiger partial charge on any atom is -0.385 e. The van der Waals surface area contributed by atoms with Crippen molar-refractivity contribution in [2.45, 2.75) is 24.9 Å². The van der Waals surface area contributed by atoms with E-state index < -0.39 is 5.60 Å². The van der Waals surface area contributed by atoms with Gasteiger partial charge in [0.2, 0.25) is 5.91 Å². The maximum Gasteiger partial charge on any atom is 0.259 e. The van der Waals surface area contributed by atoms with Crippen molar-refractivity contribution in [3.8, 4) is 0 Å². The minimum atomic E-state index is -0.836. The number of amides is 2. The molecule has 0 bridgehead atoms. The van der Waals surface area contributed by atoms with E-state index in [-0.39, 0.29) is 18.4 Å². The Morgan fingerprint density at radius 1 is 0.886 bits per heavy atom. The molecule has 0 aliphatic carbocycles. The largest absolute Gasteiger partial charge is 0.385 e. The lowest BCUT2D eigenvalue weighted by atomic mass is 9.84. The third-order valence-corrected chi connectivity index (χ3v) is 9.19. The molecule has 2 fully saturated rings. The summed E-state index contributed by atoms with van der Waals surface area (Å²) in [7, 11) is 0. The number of anilines is 1. The van der Waals surface area contributed by atoms with Gasteiger partial charge in [0, 0.05) is 48.9 Å². The first-order valence-corrected chi connectivity index (χ1v) is 15.8. The minimum absolute atomic E-state index is 0.0634. The highest BCUT2D eigenvalue weighted by atomic mass is 35.5. The predicted molar refractivity (Wildman–Crippen MR) is 173 cm³/mol. The molecule has 3 aliphatic rings. The lowest BCUT2D eigenvalue weighted by Crippen LogP contribution is -2.47. The van der Waals surface area contributed by atoms with Crippen molar-refractivity contribution in [3.05, 3.63) is 106 Å². The summed E-state index contributed by atoms with van der Waals surface area (Å²) in [4.78, 5) is 33.2. The Morgan fingerprint density at radius 3 is 2.27 bits per heavy atom. The third-order valence-electron chi connectivity index (χ3n) is 8.94. The molecule has 0 atom stereocenters. The maximum atomic E-state index is 14.0. The van der Waals surface area contributed by atoms with Crippen LogP contribution in [0.5, 0.6) is 0 Å². The molecule has 2 amide bonds. The van der Waals surface area contributed by atoms with E-state index in [0.717, 1.165) is 67.1 Å². The van der Waals surface area contributed by atoms with Gasteiger partial charge in [0.1, 0.15) is 6.54 Å². The third kappa shape index (κ3) is 6.75. The second kappa shape index (κ2) is 13.6. The van der Waals surface area contributed by atoms with E-state index >= 15 is 0 Å². The number of carbonyl (C=O) groups is 2. The Kier molecular flexibility index (Phi) is 9.44. The molecule has 0 unspecified atom stereocenters. The zero-order valence-electron chi connectivity index (χ0n) is 24.9. The van der Waals surface area contributed by atoms with Crippen LogP contribution in [-0.2, 0) is 15.1 Å². The number of benzene rings is 3. The average Bonchev–Trinajstić information content (AvgIpc) is 3.15. The number of likely N-dealkylation sites (tertiary alicyclic amines) is 1. The zero-order valence-corrected chi connectivity index (χ0v) is 25.6. The monoisotopic (exact) mass is 614 g/mol. The number of nitrogens with one attached hydrogen (secondary N) is 1.